The van der Waals surface area contributed by atoms with Crippen LogP contribution in [-0.4, -0.2) is 25.1 Å². The summed E-state index contributed by atoms with van der Waals surface area (Å²) in [7, 11) is -3.94. The molecule has 2 N–H and O–H groups in total. The van der Waals surface area contributed by atoms with Gasteiger partial charge in [-0.25, -0.2) is 13.4 Å². The summed E-state index contributed by atoms with van der Waals surface area (Å²) < 4.78 is 24.5. The molecule has 0 saturated heterocycles. The van der Waals surface area contributed by atoms with Gasteiger partial charge in [0.15, 0.2) is 5.78 Å². The van der Waals surface area contributed by atoms with Gasteiger partial charge in [0.2, 0.25) is 5.91 Å². The number of hydrazine groups is 1. The molecule has 0 bridgehead atoms. The molecule has 2 aromatic carbocycles. The molecular formula is C19H17N3O4S2. The van der Waals surface area contributed by atoms with E-state index in [9.17, 15) is 18.0 Å². The number of hydrogen-bond donors (Lipinski definition) is 2. The van der Waals surface area contributed by atoms with Crippen molar-refractivity contribution in [1.82, 2.24) is 15.2 Å². The Labute approximate surface area is 166 Å². The summed E-state index contributed by atoms with van der Waals surface area (Å²) in [6, 6.07) is 15.0. The zero-order valence-corrected chi connectivity index (χ0v) is 16.5. The van der Waals surface area contributed by atoms with Crippen molar-refractivity contribution in [2.24, 2.45) is 0 Å². The zero-order valence-electron chi connectivity index (χ0n) is 14.9. The van der Waals surface area contributed by atoms with E-state index in [0.29, 0.717) is 10.6 Å². The molecule has 0 aliphatic rings. The maximum absolute atomic E-state index is 12.2. The fourth-order valence-corrected chi connectivity index (χ4v) is 4.03. The number of sulfonamides is 1. The van der Waals surface area contributed by atoms with Gasteiger partial charge in [0.05, 0.1) is 17.0 Å². The fourth-order valence-electron chi connectivity index (χ4n) is 2.37. The van der Waals surface area contributed by atoms with Gasteiger partial charge in [0.1, 0.15) is 5.01 Å². The van der Waals surface area contributed by atoms with Gasteiger partial charge in [-0.3, -0.25) is 15.0 Å². The van der Waals surface area contributed by atoms with Crippen LogP contribution in [0.15, 0.2) is 64.9 Å². The van der Waals surface area contributed by atoms with Crippen LogP contribution >= 0.6 is 11.3 Å². The van der Waals surface area contributed by atoms with Crippen LogP contribution < -0.4 is 10.3 Å². The summed E-state index contributed by atoms with van der Waals surface area (Å²) in [5, 5.41) is 2.42. The molecule has 0 aliphatic heterocycles. The van der Waals surface area contributed by atoms with E-state index in [4.69, 9.17) is 0 Å². The highest BCUT2D eigenvalue weighted by molar-refractivity contribution is 7.89. The molecule has 0 aliphatic carbocycles. The minimum Gasteiger partial charge on any atom is -0.295 e. The number of aromatic nitrogens is 1. The van der Waals surface area contributed by atoms with Gasteiger partial charge < -0.3 is 0 Å². The Balaban J connectivity index is 1.59. The maximum Gasteiger partial charge on any atom is 0.257 e. The molecule has 7 nitrogen and oxygen atoms in total. The molecule has 1 aromatic heterocycles. The first-order valence-corrected chi connectivity index (χ1v) is 10.6. The third-order valence-corrected chi connectivity index (χ3v) is 5.94. The average molecular weight is 415 g/mol. The van der Waals surface area contributed by atoms with Crippen LogP contribution in [0.25, 0.3) is 11.3 Å². The smallest absolute Gasteiger partial charge is 0.257 e. The molecule has 0 spiro atoms. The van der Waals surface area contributed by atoms with Crippen LogP contribution in [0.5, 0.6) is 0 Å². The lowest BCUT2D eigenvalue weighted by molar-refractivity contribution is -0.120. The summed E-state index contributed by atoms with van der Waals surface area (Å²) in [5.74, 6) is -0.693. The first-order valence-electron chi connectivity index (χ1n) is 8.26. The summed E-state index contributed by atoms with van der Waals surface area (Å²) in [6.07, 6.45) is -0.0523. The summed E-state index contributed by atoms with van der Waals surface area (Å²) in [4.78, 5) is 29.7. The summed E-state index contributed by atoms with van der Waals surface area (Å²) >= 11 is 1.33. The van der Waals surface area contributed by atoms with Crippen LogP contribution in [0, 0.1) is 0 Å². The standard InChI is InChI=1S/C19H17N3O4S2/c1-13(23)14-7-9-16(10-8-14)28(25,26)22-21-18(24)11-19-20-17(12-27-19)15-5-3-2-4-6-15/h2-10,12,22H,11H2,1H3,(H,21,24). The van der Waals surface area contributed by atoms with Crippen LogP contribution in [-0.2, 0) is 21.2 Å². The van der Waals surface area contributed by atoms with E-state index in [1.807, 2.05) is 40.5 Å². The van der Waals surface area contributed by atoms with Crippen LogP contribution in [0.1, 0.15) is 22.3 Å². The Hall–Kier alpha value is -2.88. The van der Waals surface area contributed by atoms with E-state index >= 15 is 0 Å². The predicted octanol–water partition coefficient (Wildman–Crippen LogP) is 2.56. The van der Waals surface area contributed by atoms with Crippen molar-refractivity contribution in [3.05, 3.63) is 70.5 Å². The fraction of sp³-hybridized carbons (Fsp3) is 0.105. The minimum atomic E-state index is -3.94. The third-order valence-electron chi connectivity index (χ3n) is 3.83. The molecule has 1 heterocycles. The van der Waals surface area contributed by atoms with Crippen LogP contribution in [0.4, 0.5) is 0 Å². The molecule has 1 amide bonds. The second-order valence-corrected chi connectivity index (χ2v) is 8.53. The summed E-state index contributed by atoms with van der Waals surface area (Å²) in [5.41, 5.74) is 4.29. The number of thiazole rings is 1. The van der Waals surface area contributed by atoms with Gasteiger partial charge in [-0.05, 0) is 19.1 Å². The van der Waals surface area contributed by atoms with Crippen LogP contribution in [0.2, 0.25) is 0 Å². The maximum atomic E-state index is 12.2. The van der Waals surface area contributed by atoms with E-state index in [1.165, 1.54) is 42.5 Å². The first-order chi connectivity index (χ1) is 13.3. The number of ketones is 1. The van der Waals surface area contributed by atoms with Gasteiger partial charge >= 0.3 is 0 Å². The van der Waals surface area contributed by atoms with Gasteiger partial charge in [-0.1, -0.05) is 42.5 Å². The molecule has 144 valence electrons. The Morgan fingerprint density at radius 2 is 1.71 bits per heavy atom. The van der Waals surface area contributed by atoms with Crippen molar-refractivity contribution in [3.63, 3.8) is 0 Å². The van der Waals surface area contributed by atoms with Crippen molar-refractivity contribution in [1.29, 1.82) is 0 Å². The Morgan fingerprint density at radius 3 is 2.36 bits per heavy atom. The number of hydrogen-bond acceptors (Lipinski definition) is 6. The van der Waals surface area contributed by atoms with E-state index in [-0.39, 0.29) is 17.1 Å². The lowest BCUT2D eigenvalue weighted by Gasteiger charge is -2.08. The number of nitrogens with zero attached hydrogens (tertiary/aromatic N) is 1. The Bertz CT molecular complexity index is 1090. The van der Waals surface area contributed by atoms with Crippen molar-refractivity contribution < 1.29 is 18.0 Å². The minimum absolute atomic E-state index is 0.0523. The second kappa shape index (κ2) is 8.42. The highest BCUT2D eigenvalue weighted by Crippen LogP contribution is 2.21. The second-order valence-electron chi connectivity index (χ2n) is 5.90. The van der Waals surface area contributed by atoms with Crippen LogP contribution in [0.3, 0.4) is 0 Å². The number of carbonyl (C=O) groups excluding carboxylic acids is 2. The molecule has 0 fully saturated rings. The van der Waals surface area contributed by atoms with Gasteiger partial charge in [-0.15, -0.1) is 16.2 Å². The molecule has 0 atom stereocenters. The van der Waals surface area contributed by atoms with E-state index < -0.39 is 15.9 Å². The first kappa shape index (κ1) is 19.9. The average Bonchev–Trinajstić information content (AvgIpc) is 3.16. The van der Waals surface area contributed by atoms with Crippen molar-refractivity contribution >= 4 is 33.1 Å². The SMILES string of the molecule is CC(=O)c1ccc(S(=O)(=O)NNC(=O)Cc2nc(-c3ccccc3)cs2)cc1. The highest BCUT2D eigenvalue weighted by atomic mass is 32.2. The number of Topliss-reactive ketones (excluding diaryl/α,β-unsaturated/α-hetero) is 1. The molecule has 3 rings (SSSR count). The van der Waals surface area contributed by atoms with Gasteiger partial charge in [0.25, 0.3) is 10.0 Å². The molecular weight excluding hydrogens is 398 g/mol. The van der Waals surface area contributed by atoms with E-state index in [1.54, 1.807) is 0 Å². The number of rotatable bonds is 7. The van der Waals surface area contributed by atoms with E-state index in [0.717, 1.165) is 11.3 Å². The van der Waals surface area contributed by atoms with Crippen molar-refractivity contribution in [3.8, 4) is 11.3 Å². The molecule has 3 aromatic rings. The van der Waals surface area contributed by atoms with Gasteiger partial charge in [-0.2, -0.15) is 0 Å². The third kappa shape index (κ3) is 4.89. The largest absolute Gasteiger partial charge is 0.295 e. The Morgan fingerprint density at radius 1 is 1.04 bits per heavy atom. The molecule has 0 saturated carbocycles. The number of amides is 1. The molecule has 0 radical (unpaired) electrons. The van der Waals surface area contributed by atoms with Crippen molar-refractivity contribution in [2.75, 3.05) is 0 Å². The number of benzene rings is 2. The number of carbonyl (C=O) groups is 2. The lowest BCUT2D eigenvalue weighted by Crippen LogP contribution is -2.42. The molecule has 0 unspecified atom stereocenters. The predicted molar refractivity (Wildman–Crippen MR) is 106 cm³/mol. The lowest BCUT2D eigenvalue weighted by atomic mass is 10.2. The van der Waals surface area contributed by atoms with Crippen molar-refractivity contribution in [2.45, 2.75) is 18.2 Å². The Kier molecular flexibility index (Phi) is 5.98. The molecule has 9 heteroatoms. The molecule has 28 heavy (non-hydrogen) atoms. The monoisotopic (exact) mass is 415 g/mol. The number of nitrogens with one attached hydrogen (secondary N) is 2. The van der Waals surface area contributed by atoms with Gasteiger partial charge in [0, 0.05) is 16.5 Å². The summed E-state index contributed by atoms with van der Waals surface area (Å²) in [6.45, 7) is 1.39. The quantitative estimate of drug-likeness (QED) is 0.456. The normalized spacial score (nSPS) is 11.2. The zero-order chi connectivity index (χ0) is 20.1. The highest BCUT2D eigenvalue weighted by Gasteiger charge is 2.16. The van der Waals surface area contributed by atoms with E-state index in [2.05, 4.69) is 10.4 Å². The topological polar surface area (TPSA) is 105 Å².